The SMILES string of the molecule is CN1Cc2c(cnn2C2CN(C(=O)OC(C)(C)C)C2)-c2cc(Cl)cc(N)c21. The number of ether oxygens (including phenoxy) is 1. The molecule has 0 unspecified atom stereocenters. The zero-order valence-electron chi connectivity index (χ0n) is 16.0. The average Bonchev–Trinajstić information content (AvgIpc) is 2.87. The van der Waals surface area contributed by atoms with E-state index in [-0.39, 0.29) is 12.1 Å². The van der Waals surface area contributed by atoms with Gasteiger partial charge in [-0.05, 0) is 32.9 Å². The number of nitrogen functional groups attached to an aromatic ring is 1. The van der Waals surface area contributed by atoms with E-state index in [9.17, 15) is 4.79 Å². The highest BCUT2D eigenvalue weighted by Gasteiger charge is 2.37. The zero-order chi connectivity index (χ0) is 19.5. The molecule has 3 heterocycles. The van der Waals surface area contributed by atoms with Gasteiger partial charge >= 0.3 is 6.09 Å². The molecule has 0 atom stereocenters. The van der Waals surface area contributed by atoms with Crippen LogP contribution in [0, 0.1) is 0 Å². The summed E-state index contributed by atoms with van der Waals surface area (Å²) in [7, 11) is 2.01. The Morgan fingerprint density at radius 2 is 2.00 bits per heavy atom. The Labute approximate surface area is 163 Å². The number of halogens is 1. The van der Waals surface area contributed by atoms with E-state index in [0.717, 1.165) is 22.5 Å². The minimum absolute atomic E-state index is 0.146. The first kappa shape index (κ1) is 18.0. The molecule has 2 aromatic rings. The molecule has 8 heteroatoms. The second-order valence-electron chi connectivity index (χ2n) is 8.24. The Balaban J connectivity index is 1.58. The molecule has 4 rings (SSSR count). The molecule has 27 heavy (non-hydrogen) atoms. The van der Waals surface area contributed by atoms with Crippen molar-refractivity contribution >= 4 is 29.1 Å². The molecule has 1 saturated heterocycles. The van der Waals surface area contributed by atoms with Crippen LogP contribution in [0.5, 0.6) is 0 Å². The van der Waals surface area contributed by atoms with E-state index in [1.165, 1.54) is 0 Å². The number of anilines is 2. The fourth-order valence-electron chi connectivity index (χ4n) is 3.73. The zero-order valence-corrected chi connectivity index (χ0v) is 16.7. The van der Waals surface area contributed by atoms with Crippen molar-refractivity contribution < 1.29 is 9.53 Å². The van der Waals surface area contributed by atoms with Gasteiger partial charge in [0.15, 0.2) is 0 Å². The molecule has 0 aliphatic carbocycles. The first-order valence-electron chi connectivity index (χ1n) is 8.99. The van der Waals surface area contributed by atoms with Gasteiger partial charge in [-0.1, -0.05) is 11.6 Å². The maximum absolute atomic E-state index is 12.2. The number of carbonyl (C=O) groups excluding carboxylic acids is 1. The van der Waals surface area contributed by atoms with Crippen LogP contribution < -0.4 is 10.6 Å². The molecule has 7 nitrogen and oxygen atoms in total. The lowest BCUT2D eigenvalue weighted by Crippen LogP contribution is -2.52. The fourth-order valence-corrected chi connectivity index (χ4v) is 3.95. The number of carbonyl (C=O) groups is 1. The van der Waals surface area contributed by atoms with Gasteiger partial charge in [-0.2, -0.15) is 5.10 Å². The van der Waals surface area contributed by atoms with Crippen molar-refractivity contribution in [2.75, 3.05) is 30.8 Å². The second kappa shape index (κ2) is 6.05. The third kappa shape index (κ3) is 3.10. The summed E-state index contributed by atoms with van der Waals surface area (Å²) < 4.78 is 7.45. The van der Waals surface area contributed by atoms with Gasteiger partial charge in [-0.3, -0.25) is 4.68 Å². The monoisotopic (exact) mass is 389 g/mol. The second-order valence-corrected chi connectivity index (χ2v) is 8.67. The summed E-state index contributed by atoms with van der Waals surface area (Å²) in [5.74, 6) is 0. The molecule has 1 fully saturated rings. The van der Waals surface area contributed by atoms with Gasteiger partial charge in [0, 0.05) is 36.3 Å². The van der Waals surface area contributed by atoms with Crippen LogP contribution in [0.4, 0.5) is 16.2 Å². The summed E-state index contributed by atoms with van der Waals surface area (Å²) >= 11 is 6.23. The fraction of sp³-hybridized carbons (Fsp3) is 0.474. The number of rotatable bonds is 1. The number of fused-ring (bicyclic) bond motifs is 3. The maximum atomic E-state index is 12.2. The van der Waals surface area contributed by atoms with Gasteiger partial charge < -0.3 is 20.3 Å². The van der Waals surface area contributed by atoms with E-state index in [4.69, 9.17) is 22.1 Å². The molecular formula is C19H24ClN5O2. The van der Waals surface area contributed by atoms with Crippen molar-refractivity contribution in [1.29, 1.82) is 0 Å². The van der Waals surface area contributed by atoms with Crippen LogP contribution in [0.2, 0.25) is 5.02 Å². The molecular weight excluding hydrogens is 366 g/mol. The van der Waals surface area contributed by atoms with Crippen molar-refractivity contribution in [3.63, 3.8) is 0 Å². The van der Waals surface area contributed by atoms with Crippen LogP contribution in [0.1, 0.15) is 32.5 Å². The van der Waals surface area contributed by atoms with Crippen LogP contribution in [-0.2, 0) is 11.3 Å². The molecule has 2 aliphatic rings. The van der Waals surface area contributed by atoms with Gasteiger partial charge in [-0.15, -0.1) is 0 Å². The number of hydrogen-bond donors (Lipinski definition) is 1. The predicted octanol–water partition coefficient (Wildman–Crippen LogP) is 3.53. The van der Waals surface area contributed by atoms with Crippen molar-refractivity contribution in [1.82, 2.24) is 14.7 Å². The minimum Gasteiger partial charge on any atom is -0.444 e. The highest BCUT2D eigenvalue weighted by molar-refractivity contribution is 6.31. The van der Waals surface area contributed by atoms with E-state index >= 15 is 0 Å². The number of benzene rings is 1. The Morgan fingerprint density at radius 3 is 2.67 bits per heavy atom. The largest absolute Gasteiger partial charge is 0.444 e. The van der Waals surface area contributed by atoms with E-state index in [0.29, 0.717) is 30.3 Å². The van der Waals surface area contributed by atoms with Gasteiger partial charge in [-0.25, -0.2) is 4.79 Å². The Morgan fingerprint density at radius 1 is 1.30 bits per heavy atom. The molecule has 0 radical (unpaired) electrons. The first-order valence-corrected chi connectivity index (χ1v) is 9.36. The lowest BCUT2D eigenvalue weighted by Gasteiger charge is -2.41. The quantitative estimate of drug-likeness (QED) is 0.755. The molecule has 2 N–H and O–H groups in total. The Kier molecular flexibility index (Phi) is 4.03. The predicted molar refractivity (Wildman–Crippen MR) is 106 cm³/mol. The molecule has 0 spiro atoms. The van der Waals surface area contributed by atoms with Gasteiger partial charge in [0.25, 0.3) is 0 Å². The van der Waals surface area contributed by atoms with Crippen LogP contribution in [0.3, 0.4) is 0 Å². The normalized spacial score (nSPS) is 16.6. The molecule has 0 saturated carbocycles. The molecule has 1 aromatic heterocycles. The summed E-state index contributed by atoms with van der Waals surface area (Å²) in [6.07, 6.45) is 1.59. The number of likely N-dealkylation sites (tertiary alicyclic amines) is 1. The summed E-state index contributed by atoms with van der Waals surface area (Å²) in [6.45, 7) is 7.51. The van der Waals surface area contributed by atoms with E-state index < -0.39 is 5.60 Å². The standard InChI is InChI=1S/C19H24ClN5O2/c1-19(2,3)27-18(26)24-8-12(9-24)25-16-10-23(4)17-13(14(16)7-22-25)5-11(20)6-15(17)21/h5-7,12H,8-10,21H2,1-4H3. The molecule has 0 bridgehead atoms. The number of hydrogen-bond acceptors (Lipinski definition) is 5. The Hall–Kier alpha value is -2.41. The molecule has 2 aliphatic heterocycles. The van der Waals surface area contributed by atoms with Crippen LogP contribution >= 0.6 is 11.6 Å². The van der Waals surface area contributed by atoms with Crippen LogP contribution in [0.15, 0.2) is 18.3 Å². The number of amides is 1. The van der Waals surface area contributed by atoms with E-state index in [1.807, 2.05) is 44.8 Å². The van der Waals surface area contributed by atoms with Crippen LogP contribution in [-0.4, -0.2) is 46.5 Å². The van der Waals surface area contributed by atoms with Crippen LogP contribution in [0.25, 0.3) is 11.1 Å². The van der Waals surface area contributed by atoms with E-state index in [2.05, 4.69) is 10.00 Å². The highest BCUT2D eigenvalue weighted by atomic mass is 35.5. The van der Waals surface area contributed by atoms with Crippen molar-refractivity contribution in [2.45, 2.75) is 39.0 Å². The molecule has 1 aromatic carbocycles. The van der Waals surface area contributed by atoms with Crippen molar-refractivity contribution in [3.05, 3.63) is 29.0 Å². The summed E-state index contributed by atoms with van der Waals surface area (Å²) in [6, 6.07) is 3.85. The smallest absolute Gasteiger partial charge is 0.410 e. The Bertz CT molecular complexity index is 912. The number of aromatic nitrogens is 2. The minimum atomic E-state index is -0.487. The third-order valence-corrected chi connectivity index (χ3v) is 5.14. The highest BCUT2D eigenvalue weighted by Crippen LogP contribution is 2.44. The van der Waals surface area contributed by atoms with Crippen molar-refractivity contribution in [2.24, 2.45) is 0 Å². The average molecular weight is 390 g/mol. The molecule has 1 amide bonds. The van der Waals surface area contributed by atoms with Gasteiger partial charge in [0.05, 0.1) is 35.9 Å². The van der Waals surface area contributed by atoms with Gasteiger partial charge in [0.2, 0.25) is 0 Å². The van der Waals surface area contributed by atoms with Crippen molar-refractivity contribution in [3.8, 4) is 11.1 Å². The maximum Gasteiger partial charge on any atom is 0.410 e. The molecule has 144 valence electrons. The summed E-state index contributed by atoms with van der Waals surface area (Å²) in [4.78, 5) is 16.0. The topological polar surface area (TPSA) is 76.6 Å². The number of nitrogens with two attached hydrogens (primary N) is 1. The number of nitrogens with zero attached hydrogens (tertiary/aromatic N) is 4. The lowest BCUT2D eigenvalue weighted by molar-refractivity contribution is -0.000753. The lowest BCUT2D eigenvalue weighted by atomic mass is 9.97. The summed E-state index contributed by atoms with van der Waals surface area (Å²) in [5.41, 5.74) is 10.5. The first-order chi connectivity index (χ1) is 12.6. The third-order valence-electron chi connectivity index (χ3n) is 4.92. The van der Waals surface area contributed by atoms with Gasteiger partial charge in [0.1, 0.15) is 5.60 Å². The van der Waals surface area contributed by atoms with E-state index in [1.54, 1.807) is 11.0 Å². The summed E-state index contributed by atoms with van der Waals surface area (Å²) in [5, 5.41) is 5.22.